The van der Waals surface area contributed by atoms with Crippen molar-refractivity contribution in [2.75, 3.05) is 12.4 Å². The fourth-order valence-corrected chi connectivity index (χ4v) is 4.06. The van der Waals surface area contributed by atoms with Crippen molar-refractivity contribution in [3.05, 3.63) is 27.7 Å². The first-order valence-corrected chi connectivity index (χ1v) is 8.25. The molecule has 1 fully saturated rings. The molecule has 1 aliphatic rings. The Morgan fingerprint density at radius 2 is 2.11 bits per heavy atom. The molecule has 3 nitrogen and oxygen atoms in total. The van der Waals surface area contributed by atoms with Crippen LogP contribution in [-0.4, -0.2) is 17.0 Å². The monoisotopic (exact) mass is 337 g/mol. The summed E-state index contributed by atoms with van der Waals surface area (Å²) in [6.07, 6.45) is 5.15. The number of thiophene rings is 1. The average Bonchev–Trinajstić information content (AvgIpc) is 3.09. The van der Waals surface area contributed by atoms with Crippen LogP contribution in [0.5, 0.6) is 0 Å². The first-order chi connectivity index (χ1) is 9.28. The van der Waals surface area contributed by atoms with Crippen LogP contribution in [-0.2, 0) is 0 Å². The highest BCUT2D eigenvalue weighted by Crippen LogP contribution is 2.36. The molecule has 5 heteroatoms. The molecule has 0 bridgehead atoms. The van der Waals surface area contributed by atoms with Crippen molar-refractivity contribution in [3.8, 4) is 10.7 Å². The first kappa shape index (κ1) is 13.1. The molecule has 2 heterocycles. The van der Waals surface area contributed by atoms with Gasteiger partial charge in [0.2, 0.25) is 0 Å². The molecule has 0 saturated heterocycles. The molecule has 0 spiro atoms. The minimum atomic E-state index is 0.604. The number of hydrogen-bond donors (Lipinski definition) is 1. The lowest BCUT2D eigenvalue weighted by atomic mass is 10.0. The van der Waals surface area contributed by atoms with Gasteiger partial charge in [0.1, 0.15) is 5.82 Å². The minimum absolute atomic E-state index is 0.604. The zero-order valence-corrected chi connectivity index (χ0v) is 13.2. The molecule has 1 N–H and O–H groups in total. The van der Waals surface area contributed by atoms with E-state index < -0.39 is 0 Å². The lowest BCUT2D eigenvalue weighted by Crippen LogP contribution is -2.03. The van der Waals surface area contributed by atoms with Crippen molar-refractivity contribution in [1.29, 1.82) is 0 Å². The fourth-order valence-electron chi connectivity index (χ4n) is 2.58. The predicted molar refractivity (Wildman–Crippen MR) is 83.8 cm³/mol. The molecule has 1 saturated carbocycles. The van der Waals surface area contributed by atoms with Crippen molar-refractivity contribution in [1.82, 2.24) is 9.97 Å². The van der Waals surface area contributed by atoms with Crippen LogP contribution >= 0.6 is 27.3 Å². The number of anilines is 1. The van der Waals surface area contributed by atoms with Crippen LogP contribution in [0, 0.1) is 0 Å². The number of rotatable bonds is 3. The zero-order chi connectivity index (χ0) is 13.2. The second-order valence-electron chi connectivity index (χ2n) is 4.83. The number of halogens is 1. The Bertz CT molecular complexity index is 576. The van der Waals surface area contributed by atoms with Crippen LogP contribution in [0.4, 0.5) is 5.82 Å². The van der Waals surface area contributed by atoms with Crippen molar-refractivity contribution < 1.29 is 0 Å². The van der Waals surface area contributed by atoms with Crippen molar-refractivity contribution >= 4 is 33.1 Å². The summed E-state index contributed by atoms with van der Waals surface area (Å²) in [5, 5.41) is 5.21. The third-order valence-electron chi connectivity index (χ3n) is 3.60. The summed E-state index contributed by atoms with van der Waals surface area (Å²) in [4.78, 5) is 10.5. The van der Waals surface area contributed by atoms with Crippen LogP contribution in [0.25, 0.3) is 10.7 Å². The number of hydrogen-bond acceptors (Lipinski definition) is 4. The quantitative estimate of drug-likeness (QED) is 0.884. The van der Waals surface area contributed by atoms with Gasteiger partial charge in [-0.05, 0) is 40.2 Å². The Morgan fingerprint density at radius 1 is 1.32 bits per heavy atom. The van der Waals surface area contributed by atoms with Gasteiger partial charge in [0.15, 0.2) is 5.82 Å². The molecule has 0 amide bonds. The van der Waals surface area contributed by atoms with Gasteiger partial charge in [-0.25, -0.2) is 9.97 Å². The van der Waals surface area contributed by atoms with Gasteiger partial charge in [-0.3, -0.25) is 0 Å². The smallest absolute Gasteiger partial charge is 0.173 e. The van der Waals surface area contributed by atoms with E-state index in [1.54, 1.807) is 11.3 Å². The Morgan fingerprint density at radius 3 is 2.74 bits per heavy atom. The molecule has 3 rings (SSSR count). The summed E-state index contributed by atoms with van der Waals surface area (Å²) in [5.41, 5.74) is 1.19. The van der Waals surface area contributed by atoms with E-state index in [2.05, 4.69) is 37.7 Å². The van der Waals surface area contributed by atoms with Crippen molar-refractivity contribution in [3.63, 3.8) is 0 Å². The summed E-state index contributed by atoms with van der Waals surface area (Å²) in [7, 11) is 1.91. The molecule has 0 aliphatic heterocycles. The fraction of sp³-hybridized carbons (Fsp3) is 0.429. The van der Waals surface area contributed by atoms with E-state index in [1.165, 1.54) is 31.4 Å². The van der Waals surface area contributed by atoms with E-state index in [4.69, 9.17) is 4.98 Å². The normalized spacial score (nSPS) is 15.9. The zero-order valence-electron chi connectivity index (χ0n) is 10.8. The Kier molecular flexibility index (Phi) is 3.84. The molecular weight excluding hydrogens is 322 g/mol. The third kappa shape index (κ3) is 2.67. The summed E-state index contributed by atoms with van der Waals surface area (Å²) in [6, 6.07) is 4.14. The van der Waals surface area contributed by atoms with Crippen LogP contribution < -0.4 is 5.32 Å². The maximum absolute atomic E-state index is 4.80. The summed E-state index contributed by atoms with van der Waals surface area (Å²) in [5.74, 6) is 2.34. The molecule has 100 valence electrons. The van der Waals surface area contributed by atoms with Crippen molar-refractivity contribution in [2.24, 2.45) is 0 Å². The van der Waals surface area contributed by atoms with Gasteiger partial charge in [0.05, 0.1) is 4.88 Å². The van der Waals surface area contributed by atoms with Gasteiger partial charge in [0.25, 0.3) is 0 Å². The SMILES string of the molecule is CNc1cc(C2CCCC2)nc(-c2sccc2Br)n1. The molecule has 0 atom stereocenters. The van der Waals surface area contributed by atoms with E-state index in [9.17, 15) is 0 Å². The summed E-state index contributed by atoms with van der Waals surface area (Å²) < 4.78 is 1.07. The van der Waals surface area contributed by atoms with Crippen LogP contribution in [0.2, 0.25) is 0 Å². The third-order valence-corrected chi connectivity index (χ3v) is 5.43. The average molecular weight is 338 g/mol. The first-order valence-electron chi connectivity index (χ1n) is 6.58. The minimum Gasteiger partial charge on any atom is -0.373 e. The van der Waals surface area contributed by atoms with Crippen LogP contribution in [0.15, 0.2) is 22.0 Å². The molecule has 2 aromatic rings. The predicted octanol–water partition coefficient (Wildman–Crippen LogP) is 4.67. The standard InChI is InChI=1S/C14H16BrN3S/c1-16-12-8-11(9-4-2-3-5-9)17-14(18-12)13-10(15)6-7-19-13/h6-9H,2-5H2,1H3,(H,16,17,18). The van der Waals surface area contributed by atoms with Gasteiger partial charge in [0, 0.05) is 29.2 Å². The van der Waals surface area contributed by atoms with Crippen LogP contribution in [0.3, 0.4) is 0 Å². The second kappa shape index (κ2) is 5.59. The summed E-state index contributed by atoms with van der Waals surface area (Å²) >= 11 is 5.24. The van der Waals surface area contributed by atoms with E-state index in [1.807, 2.05) is 13.1 Å². The number of aromatic nitrogens is 2. The van der Waals surface area contributed by atoms with E-state index in [0.717, 1.165) is 21.0 Å². The maximum Gasteiger partial charge on any atom is 0.173 e. The van der Waals surface area contributed by atoms with Gasteiger partial charge in [-0.15, -0.1) is 11.3 Å². The topological polar surface area (TPSA) is 37.8 Å². The highest BCUT2D eigenvalue weighted by Gasteiger charge is 2.20. The van der Waals surface area contributed by atoms with Crippen molar-refractivity contribution in [2.45, 2.75) is 31.6 Å². The molecule has 0 radical (unpaired) electrons. The van der Waals surface area contributed by atoms with Gasteiger partial charge in [-0.1, -0.05) is 12.8 Å². The Balaban J connectivity index is 2.04. The lowest BCUT2D eigenvalue weighted by molar-refractivity contribution is 0.696. The molecule has 19 heavy (non-hydrogen) atoms. The van der Waals surface area contributed by atoms with Gasteiger partial charge in [-0.2, -0.15) is 0 Å². The van der Waals surface area contributed by atoms with Gasteiger partial charge < -0.3 is 5.32 Å². The maximum atomic E-state index is 4.80. The van der Waals surface area contributed by atoms with E-state index >= 15 is 0 Å². The van der Waals surface area contributed by atoms with E-state index in [0.29, 0.717) is 5.92 Å². The van der Waals surface area contributed by atoms with Crippen LogP contribution in [0.1, 0.15) is 37.3 Å². The second-order valence-corrected chi connectivity index (χ2v) is 6.60. The van der Waals surface area contributed by atoms with E-state index in [-0.39, 0.29) is 0 Å². The molecule has 2 aromatic heterocycles. The highest BCUT2D eigenvalue weighted by atomic mass is 79.9. The molecular formula is C14H16BrN3S. The molecule has 1 aliphatic carbocycles. The largest absolute Gasteiger partial charge is 0.373 e. The summed E-state index contributed by atoms with van der Waals surface area (Å²) in [6.45, 7) is 0. The Labute approximate surface area is 125 Å². The lowest BCUT2D eigenvalue weighted by Gasteiger charge is -2.12. The molecule has 0 unspecified atom stereocenters. The Hall–Kier alpha value is -0.940. The highest BCUT2D eigenvalue weighted by molar-refractivity contribution is 9.10. The molecule has 0 aromatic carbocycles. The van der Waals surface area contributed by atoms with Gasteiger partial charge >= 0.3 is 0 Å². The number of nitrogens with zero attached hydrogens (tertiary/aromatic N) is 2. The number of nitrogens with one attached hydrogen (secondary N) is 1.